The number of nitrogens with zero attached hydrogens (tertiary/aromatic N) is 2. The molecule has 0 atom stereocenters. The smallest absolute Gasteiger partial charge is 0.259 e. The highest BCUT2D eigenvalue weighted by molar-refractivity contribution is 5.84. The van der Waals surface area contributed by atoms with E-state index in [1.165, 1.54) is 0 Å². The summed E-state index contributed by atoms with van der Waals surface area (Å²) in [5.41, 5.74) is 3.87. The van der Waals surface area contributed by atoms with Crippen molar-refractivity contribution in [3.63, 3.8) is 0 Å². The van der Waals surface area contributed by atoms with Crippen LogP contribution in [0.4, 0.5) is 0 Å². The molecule has 0 saturated carbocycles. The van der Waals surface area contributed by atoms with E-state index in [2.05, 4.69) is 16.0 Å². The summed E-state index contributed by atoms with van der Waals surface area (Å²) in [6.45, 7) is 0. The van der Waals surface area contributed by atoms with Crippen molar-refractivity contribution in [2.24, 2.45) is 0 Å². The van der Waals surface area contributed by atoms with Crippen LogP contribution in [0.2, 0.25) is 0 Å². The third-order valence-corrected chi connectivity index (χ3v) is 4.12. The Balaban J connectivity index is 1.92. The van der Waals surface area contributed by atoms with E-state index in [1.807, 2.05) is 54.6 Å². The summed E-state index contributed by atoms with van der Waals surface area (Å²) in [5, 5.41) is 9.53. The molecule has 0 saturated heterocycles. The quantitative estimate of drug-likeness (QED) is 0.603. The molecule has 4 aromatic rings. The van der Waals surface area contributed by atoms with Gasteiger partial charge in [-0.15, -0.1) is 0 Å². The number of nitriles is 1. The van der Waals surface area contributed by atoms with Gasteiger partial charge in [0.1, 0.15) is 5.82 Å². The standard InChI is InChI=1S/C21H13N3O/c22-13-14-9-11-15(12-10-14)16-5-1-2-6-17(16)20-23-19-8-4-3-7-18(19)21(25)24-20/h1-12H,(H,23,24,25). The number of nitrogens with one attached hydrogen (secondary N) is 1. The second-order valence-corrected chi connectivity index (χ2v) is 5.67. The summed E-state index contributed by atoms with van der Waals surface area (Å²) in [4.78, 5) is 19.9. The molecular weight excluding hydrogens is 310 g/mol. The van der Waals surface area contributed by atoms with E-state index in [4.69, 9.17) is 5.26 Å². The lowest BCUT2D eigenvalue weighted by molar-refractivity contribution is 1.18. The van der Waals surface area contributed by atoms with Crippen molar-refractivity contribution < 1.29 is 0 Å². The van der Waals surface area contributed by atoms with Crippen LogP contribution in [0.3, 0.4) is 0 Å². The molecule has 1 N–H and O–H groups in total. The van der Waals surface area contributed by atoms with Crippen molar-refractivity contribution in [2.45, 2.75) is 0 Å². The summed E-state index contributed by atoms with van der Waals surface area (Å²) in [5.74, 6) is 0.531. The molecule has 0 bridgehead atoms. The fourth-order valence-electron chi connectivity index (χ4n) is 2.88. The Kier molecular flexibility index (Phi) is 3.60. The van der Waals surface area contributed by atoms with Gasteiger partial charge >= 0.3 is 0 Å². The van der Waals surface area contributed by atoms with Crippen LogP contribution in [0, 0.1) is 11.3 Å². The van der Waals surface area contributed by atoms with E-state index < -0.39 is 0 Å². The van der Waals surface area contributed by atoms with E-state index in [1.54, 1.807) is 18.2 Å². The monoisotopic (exact) mass is 323 g/mol. The van der Waals surface area contributed by atoms with Crippen molar-refractivity contribution >= 4 is 10.9 Å². The number of hydrogen-bond acceptors (Lipinski definition) is 3. The van der Waals surface area contributed by atoms with Crippen molar-refractivity contribution in [3.8, 4) is 28.6 Å². The number of aromatic amines is 1. The predicted molar refractivity (Wildman–Crippen MR) is 98.0 cm³/mol. The first kappa shape index (κ1) is 14.9. The summed E-state index contributed by atoms with van der Waals surface area (Å²) < 4.78 is 0. The molecule has 0 spiro atoms. The van der Waals surface area contributed by atoms with Crippen molar-refractivity contribution in [2.75, 3.05) is 0 Å². The molecular formula is C21H13N3O. The number of rotatable bonds is 2. The molecule has 0 amide bonds. The van der Waals surface area contributed by atoms with Crippen LogP contribution in [0.5, 0.6) is 0 Å². The minimum atomic E-state index is -0.157. The maximum absolute atomic E-state index is 12.4. The second-order valence-electron chi connectivity index (χ2n) is 5.67. The summed E-state index contributed by atoms with van der Waals surface area (Å²) in [6.07, 6.45) is 0. The van der Waals surface area contributed by atoms with Crippen LogP contribution >= 0.6 is 0 Å². The predicted octanol–water partition coefficient (Wildman–Crippen LogP) is 4.13. The average molecular weight is 323 g/mol. The van der Waals surface area contributed by atoms with Crippen LogP contribution in [0.25, 0.3) is 33.4 Å². The van der Waals surface area contributed by atoms with Gasteiger partial charge < -0.3 is 4.98 Å². The molecule has 3 aromatic carbocycles. The molecule has 118 valence electrons. The highest BCUT2D eigenvalue weighted by atomic mass is 16.1. The topological polar surface area (TPSA) is 69.5 Å². The number of benzene rings is 3. The zero-order valence-corrected chi connectivity index (χ0v) is 13.2. The first-order valence-corrected chi connectivity index (χ1v) is 7.85. The Morgan fingerprint density at radius 1 is 0.840 bits per heavy atom. The molecule has 0 aliphatic carbocycles. The molecule has 1 aromatic heterocycles. The van der Waals surface area contributed by atoms with E-state index in [9.17, 15) is 4.79 Å². The first-order valence-electron chi connectivity index (χ1n) is 7.85. The average Bonchev–Trinajstić information content (AvgIpc) is 2.68. The number of H-pyrrole nitrogens is 1. The Morgan fingerprint density at radius 3 is 2.28 bits per heavy atom. The molecule has 0 aliphatic rings. The van der Waals surface area contributed by atoms with Crippen LogP contribution in [-0.2, 0) is 0 Å². The Labute approximate surface area is 144 Å². The summed E-state index contributed by atoms with van der Waals surface area (Å²) in [6, 6.07) is 24.5. The van der Waals surface area contributed by atoms with Crippen LogP contribution in [0.15, 0.2) is 77.6 Å². The molecule has 0 fully saturated rings. The van der Waals surface area contributed by atoms with Crippen molar-refractivity contribution in [3.05, 3.63) is 88.7 Å². The van der Waals surface area contributed by atoms with Gasteiger partial charge in [-0.1, -0.05) is 48.5 Å². The maximum atomic E-state index is 12.4. The molecule has 4 rings (SSSR count). The number of aromatic nitrogens is 2. The number of fused-ring (bicyclic) bond motifs is 1. The van der Waals surface area contributed by atoms with Crippen molar-refractivity contribution in [1.82, 2.24) is 9.97 Å². The fourth-order valence-corrected chi connectivity index (χ4v) is 2.88. The van der Waals surface area contributed by atoms with E-state index in [-0.39, 0.29) is 5.56 Å². The maximum Gasteiger partial charge on any atom is 0.259 e. The third-order valence-electron chi connectivity index (χ3n) is 4.12. The largest absolute Gasteiger partial charge is 0.306 e. The molecule has 0 unspecified atom stereocenters. The summed E-state index contributed by atoms with van der Waals surface area (Å²) in [7, 11) is 0. The second kappa shape index (κ2) is 6.06. The zero-order chi connectivity index (χ0) is 17.2. The van der Waals surface area contributed by atoms with Crippen LogP contribution in [-0.4, -0.2) is 9.97 Å². The minimum absolute atomic E-state index is 0.157. The van der Waals surface area contributed by atoms with Crippen LogP contribution < -0.4 is 5.56 Å². The van der Waals surface area contributed by atoms with Gasteiger partial charge in [-0.3, -0.25) is 4.79 Å². The summed E-state index contributed by atoms with van der Waals surface area (Å²) >= 11 is 0. The van der Waals surface area contributed by atoms with Gasteiger partial charge in [-0.2, -0.15) is 5.26 Å². The minimum Gasteiger partial charge on any atom is -0.306 e. The molecule has 4 nitrogen and oxygen atoms in total. The number of hydrogen-bond donors (Lipinski definition) is 1. The zero-order valence-electron chi connectivity index (χ0n) is 13.2. The highest BCUT2D eigenvalue weighted by Gasteiger charge is 2.11. The third kappa shape index (κ3) is 2.68. The lowest BCUT2D eigenvalue weighted by Gasteiger charge is -2.10. The fraction of sp³-hybridized carbons (Fsp3) is 0. The molecule has 1 heterocycles. The van der Waals surface area contributed by atoms with E-state index in [0.29, 0.717) is 22.3 Å². The molecule has 25 heavy (non-hydrogen) atoms. The van der Waals surface area contributed by atoms with E-state index in [0.717, 1.165) is 16.7 Å². The lowest BCUT2D eigenvalue weighted by Crippen LogP contribution is -2.09. The molecule has 0 aliphatic heterocycles. The SMILES string of the molecule is N#Cc1ccc(-c2ccccc2-c2nc3ccccc3c(=O)[nH]2)cc1. The van der Waals surface area contributed by atoms with Gasteiger partial charge in [0.2, 0.25) is 0 Å². The Bertz CT molecular complexity index is 1170. The van der Waals surface area contributed by atoms with Gasteiger partial charge in [-0.25, -0.2) is 4.98 Å². The number of para-hydroxylation sites is 1. The van der Waals surface area contributed by atoms with Gasteiger partial charge in [0.05, 0.1) is 22.5 Å². The lowest BCUT2D eigenvalue weighted by atomic mass is 9.98. The molecule has 4 heteroatoms. The van der Waals surface area contributed by atoms with Gasteiger partial charge in [0.15, 0.2) is 0 Å². The van der Waals surface area contributed by atoms with Gasteiger partial charge in [0.25, 0.3) is 5.56 Å². The Hall–Kier alpha value is -3.71. The van der Waals surface area contributed by atoms with Crippen molar-refractivity contribution in [1.29, 1.82) is 5.26 Å². The Morgan fingerprint density at radius 2 is 1.52 bits per heavy atom. The van der Waals surface area contributed by atoms with Crippen LogP contribution in [0.1, 0.15) is 5.56 Å². The van der Waals surface area contributed by atoms with Gasteiger partial charge in [-0.05, 0) is 35.4 Å². The van der Waals surface area contributed by atoms with E-state index >= 15 is 0 Å². The highest BCUT2D eigenvalue weighted by Crippen LogP contribution is 2.30. The normalized spacial score (nSPS) is 10.5. The molecule has 0 radical (unpaired) electrons. The van der Waals surface area contributed by atoms with Gasteiger partial charge in [0, 0.05) is 5.56 Å². The first-order chi connectivity index (χ1) is 12.3.